The summed E-state index contributed by atoms with van der Waals surface area (Å²) in [5.74, 6) is 0. The molecule has 0 bridgehead atoms. The summed E-state index contributed by atoms with van der Waals surface area (Å²) in [6.07, 6.45) is 5.47. The van der Waals surface area contributed by atoms with E-state index in [0.717, 1.165) is 18.8 Å². The predicted octanol–water partition coefficient (Wildman–Crippen LogP) is 1.87. The molecule has 0 unspecified atom stereocenters. The normalized spacial score (nSPS) is 9.69. The number of aromatic nitrogens is 2. The fourth-order valence-electron chi connectivity index (χ4n) is 1.45. The standard InChI is InChI=1S/C12H12N4/c13-9-11-2-1-3-12(8-11)15-5-7-16-6-4-14-10-16/h1-4,6,8,10,15H,5,7H2. The van der Waals surface area contributed by atoms with Gasteiger partial charge < -0.3 is 9.88 Å². The van der Waals surface area contributed by atoms with Gasteiger partial charge in [-0.3, -0.25) is 0 Å². The molecule has 0 aliphatic carbocycles. The molecule has 1 heterocycles. The molecule has 4 nitrogen and oxygen atoms in total. The number of rotatable bonds is 4. The zero-order valence-electron chi connectivity index (χ0n) is 8.80. The van der Waals surface area contributed by atoms with Gasteiger partial charge in [0, 0.05) is 31.2 Å². The SMILES string of the molecule is N#Cc1cccc(NCCn2ccnc2)c1. The highest BCUT2D eigenvalue weighted by molar-refractivity contribution is 5.48. The summed E-state index contributed by atoms with van der Waals surface area (Å²) in [5.41, 5.74) is 1.65. The number of nitriles is 1. The minimum atomic E-state index is 0.674. The van der Waals surface area contributed by atoms with Crippen molar-refractivity contribution in [1.29, 1.82) is 5.26 Å². The number of benzene rings is 1. The van der Waals surface area contributed by atoms with Crippen LogP contribution in [0.3, 0.4) is 0 Å². The molecule has 2 aromatic rings. The third kappa shape index (κ3) is 2.61. The van der Waals surface area contributed by atoms with Crippen LogP contribution in [0.25, 0.3) is 0 Å². The molecular weight excluding hydrogens is 200 g/mol. The Bertz CT molecular complexity index is 482. The van der Waals surface area contributed by atoms with Crippen molar-refractivity contribution in [2.45, 2.75) is 6.54 Å². The van der Waals surface area contributed by atoms with Crippen LogP contribution in [0.1, 0.15) is 5.56 Å². The zero-order chi connectivity index (χ0) is 11.2. The molecule has 80 valence electrons. The summed E-state index contributed by atoms with van der Waals surface area (Å²) in [6.45, 7) is 1.67. The zero-order valence-corrected chi connectivity index (χ0v) is 8.80. The molecule has 1 aromatic carbocycles. The lowest BCUT2D eigenvalue weighted by molar-refractivity contribution is 0.727. The van der Waals surface area contributed by atoms with Gasteiger partial charge in [0.2, 0.25) is 0 Å². The lowest BCUT2D eigenvalue weighted by Gasteiger charge is -2.06. The molecule has 0 aliphatic heterocycles. The Labute approximate surface area is 94.2 Å². The molecule has 16 heavy (non-hydrogen) atoms. The van der Waals surface area contributed by atoms with Crippen LogP contribution in [0.2, 0.25) is 0 Å². The molecule has 0 fully saturated rings. The van der Waals surface area contributed by atoms with Crippen LogP contribution in [-0.4, -0.2) is 16.1 Å². The minimum Gasteiger partial charge on any atom is -0.383 e. The molecule has 0 radical (unpaired) electrons. The summed E-state index contributed by atoms with van der Waals surface area (Å²) in [5, 5.41) is 12.0. The predicted molar refractivity (Wildman–Crippen MR) is 61.9 cm³/mol. The van der Waals surface area contributed by atoms with Crippen molar-refractivity contribution in [3.8, 4) is 6.07 Å². The maximum absolute atomic E-state index is 8.75. The summed E-state index contributed by atoms with van der Waals surface area (Å²) in [6, 6.07) is 9.58. The summed E-state index contributed by atoms with van der Waals surface area (Å²) >= 11 is 0. The first-order valence-electron chi connectivity index (χ1n) is 5.08. The van der Waals surface area contributed by atoms with Crippen molar-refractivity contribution >= 4 is 5.69 Å². The quantitative estimate of drug-likeness (QED) is 0.841. The Morgan fingerprint density at radius 1 is 1.44 bits per heavy atom. The van der Waals surface area contributed by atoms with Gasteiger partial charge in [-0.1, -0.05) is 6.07 Å². The van der Waals surface area contributed by atoms with Crippen molar-refractivity contribution in [3.05, 3.63) is 48.5 Å². The van der Waals surface area contributed by atoms with Crippen LogP contribution < -0.4 is 5.32 Å². The summed E-state index contributed by atoms with van der Waals surface area (Å²) in [4.78, 5) is 3.97. The van der Waals surface area contributed by atoms with Gasteiger partial charge in [0.1, 0.15) is 0 Å². The lowest BCUT2D eigenvalue weighted by Crippen LogP contribution is -2.09. The number of imidazole rings is 1. The second-order valence-corrected chi connectivity index (χ2v) is 3.42. The van der Waals surface area contributed by atoms with Crippen molar-refractivity contribution < 1.29 is 0 Å². The van der Waals surface area contributed by atoms with Crippen molar-refractivity contribution in [2.75, 3.05) is 11.9 Å². The molecule has 1 N–H and O–H groups in total. The average molecular weight is 212 g/mol. The van der Waals surface area contributed by atoms with E-state index in [1.165, 1.54) is 0 Å². The minimum absolute atomic E-state index is 0.674. The van der Waals surface area contributed by atoms with Crippen LogP contribution in [-0.2, 0) is 6.54 Å². The van der Waals surface area contributed by atoms with Crippen LogP contribution in [0, 0.1) is 11.3 Å². The van der Waals surface area contributed by atoms with Crippen LogP contribution in [0.15, 0.2) is 43.0 Å². The number of nitrogens with one attached hydrogen (secondary N) is 1. The highest BCUT2D eigenvalue weighted by atomic mass is 15.0. The van der Waals surface area contributed by atoms with Gasteiger partial charge >= 0.3 is 0 Å². The largest absolute Gasteiger partial charge is 0.383 e. The monoisotopic (exact) mass is 212 g/mol. The van der Waals surface area contributed by atoms with Crippen LogP contribution in [0.4, 0.5) is 5.69 Å². The molecular formula is C12H12N4. The first kappa shape index (κ1) is 10.2. The Balaban J connectivity index is 1.88. The van der Waals surface area contributed by atoms with E-state index in [2.05, 4.69) is 16.4 Å². The van der Waals surface area contributed by atoms with Crippen LogP contribution in [0.5, 0.6) is 0 Å². The molecule has 2 rings (SSSR count). The molecule has 0 amide bonds. The maximum Gasteiger partial charge on any atom is 0.0992 e. The van der Waals surface area contributed by atoms with Gasteiger partial charge in [0.05, 0.1) is 18.0 Å². The van der Waals surface area contributed by atoms with Crippen molar-refractivity contribution in [3.63, 3.8) is 0 Å². The van der Waals surface area contributed by atoms with E-state index in [0.29, 0.717) is 5.56 Å². The highest BCUT2D eigenvalue weighted by Gasteiger charge is 1.94. The smallest absolute Gasteiger partial charge is 0.0992 e. The summed E-state index contributed by atoms with van der Waals surface area (Å²) < 4.78 is 2.00. The van der Waals surface area contributed by atoms with Gasteiger partial charge in [0.15, 0.2) is 0 Å². The lowest BCUT2D eigenvalue weighted by atomic mass is 10.2. The Morgan fingerprint density at radius 2 is 2.38 bits per heavy atom. The Hall–Kier alpha value is -2.28. The van der Waals surface area contributed by atoms with Gasteiger partial charge in [0.25, 0.3) is 0 Å². The fourth-order valence-corrected chi connectivity index (χ4v) is 1.45. The topological polar surface area (TPSA) is 53.6 Å². The number of nitrogens with zero attached hydrogens (tertiary/aromatic N) is 3. The molecule has 1 aromatic heterocycles. The Morgan fingerprint density at radius 3 is 3.12 bits per heavy atom. The van der Waals surface area contributed by atoms with E-state index in [-0.39, 0.29) is 0 Å². The summed E-state index contributed by atoms with van der Waals surface area (Å²) in [7, 11) is 0. The van der Waals surface area contributed by atoms with E-state index in [1.54, 1.807) is 18.6 Å². The molecule has 0 saturated carbocycles. The third-order valence-electron chi connectivity index (χ3n) is 2.25. The third-order valence-corrected chi connectivity index (χ3v) is 2.25. The number of anilines is 1. The van der Waals surface area contributed by atoms with Gasteiger partial charge in [-0.15, -0.1) is 0 Å². The molecule has 4 heteroatoms. The van der Waals surface area contributed by atoms with E-state index in [1.807, 2.05) is 29.0 Å². The molecule has 0 aliphatic rings. The second kappa shape index (κ2) is 4.99. The van der Waals surface area contributed by atoms with Crippen molar-refractivity contribution in [1.82, 2.24) is 9.55 Å². The molecule has 0 atom stereocenters. The van der Waals surface area contributed by atoms with Gasteiger partial charge in [-0.2, -0.15) is 5.26 Å². The van der Waals surface area contributed by atoms with Gasteiger partial charge in [-0.05, 0) is 18.2 Å². The molecule has 0 saturated heterocycles. The first-order chi connectivity index (χ1) is 7.88. The van der Waals surface area contributed by atoms with E-state index in [4.69, 9.17) is 5.26 Å². The fraction of sp³-hybridized carbons (Fsp3) is 0.167. The average Bonchev–Trinajstić information content (AvgIpc) is 2.82. The van der Waals surface area contributed by atoms with E-state index in [9.17, 15) is 0 Å². The maximum atomic E-state index is 8.75. The van der Waals surface area contributed by atoms with Gasteiger partial charge in [-0.25, -0.2) is 4.98 Å². The van der Waals surface area contributed by atoms with Crippen LogP contribution >= 0.6 is 0 Å². The number of hydrogen-bond donors (Lipinski definition) is 1. The first-order valence-corrected chi connectivity index (χ1v) is 5.08. The Kier molecular flexibility index (Phi) is 3.19. The van der Waals surface area contributed by atoms with E-state index >= 15 is 0 Å². The number of hydrogen-bond acceptors (Lipinski definition) is 3. The van der Waals surface area contributed by atoms with E-state index < -0.39 is 0 Å². The second-order valence-electron chi connectivity index (χ2n) is 3.42. The highest BCUT2D eigenvalue weighted by Crippen LogP contribution is 2.09. The molecule has 0 spiro atoms. The van der Waals surface area contributed by atoms with Crippen molar-refractivity contribution in [2.24, 2.45) is 0 Å².